The van der Waals surface area contributed by atoms with Crippen molar-refractivity contribution in [3.05, 3.63) is 65.2 Å². The minimum absolute atomic E-state index is 0.163. The van der Waals surface area contributed by atoms with E-state index in [9.17, 15) is 4.79 Å². The normalized spacial score (nSPS) is 15.4. The SMILES string of the molecule is CCN1CCN(CC(C)CCc2ccccc2CN)C(=O)c2ccccc21. The molecule has 2 N–H and O–H groups in total. The van der Waals surface area contributed by atoms with Gasteiger partial charge in [0, 0.05) is 38.4 Å². The van der Waals surface area contributed by atoms with Crippen LogP contribution < -0.4 is 10.6 Å². The number of nitrogens with two attached hydrogens (primary N) is 1. The number of benzene rings is 2. The van der Waals surface area contributed by atoms with Crippen LogP contribution in [0.25, 0.3) is 0 Å². The second-order valence-corrected chi connectivity index (χ2v) is 7.46. The van der Waals surface area contributed by atoms with Crippen LogP contribution in [0.2, 0.25) is 0 Å². The Hall–Kier alpha value is -2.33. The van der Waals surface area contributed by atoms with Gasteiger partial charge >= 0.3 is 0 Å². The quantitative estimate of drug-likeness (QED) is 0.814. The molecule has 0 saturated carbocycles. The van der Waals surface area contributed by atoms with Gasteiger partial charge in [0.15, 0.2) is 0 Å². The molecular formula is C23H31N3O. The molecule has 1 atom stereocenters. The summed E-state index contributed by atoms with van der Waals surface area (Å²) in [6.07, 6.45) is 2.06. The highest BCUT2D eigenvalue weighted by Crippen LogP contribution is 2.25. The van der Waals surface area contributed by atoms with Crippen LogP contribution in [0.5, 0.6) is 0 Å². The molecule has 0 fully saturated rings. The molecule has 1 amide bonds. The number of rotatable bonds is 7. The lowest BCUT2D eigenvalue weighted by Crippen LogP contribution is -2.37. The fraction of sp³-hybridized carbons (Fsp3) is 0.435. The summed E-state index contributed by atoms with van der Waals surface area (Å²) in [7, 11) is 0. The van der Waals surface area contributed by atoms with Crippen LogP contribution in [-0.2, 0) is 13.0 Å². The van der Waals surface area contributed by atoms with E-state index in [0.29, 0.717) is 12.5 Å². The number of fused-ring (bicyclic) bond motifs is 1. The average molecular weight is 366 g/mol. The Morgan fingerprint density at radius 3 is 2.41 bits per heavy atom. The van der Waals surface area contributed by atoms with Crippen LogP contribution in [-0.4, -0.2) is 37.0 Å². The van der Waals surface area contributed by atoms with Crippen LogP contribution in [0.1, 0.15) is 41.8 Å². The molecule has 1 aliphatic rings. The van der Waals surface area contributed by atoms with Crippen molar-refractivity contribution >= 4 is 11.6 Å². The first-order valence-corrected chi connectivity index (χ1v) is 10.0. The summed E-state index contributed by atoms with van der Waals surface area (Å²) in [6.45, 7) is 8.37. The topological polar surface area (TPSA) is 49.6 Å². The molecule has 0 aliphatic carbocycles. The minimum atomic E-state index is 0.163. The first kappa shape index (κ1) is 19.4. The molecule has 4 nitrogen and oxygen atoms in total. The Balaban J connectivity index is 1.66. The molecule has 1 heterocycles. The van der Waals surface area contributed by atoms with Gasteiger partial charge in [-0.1, -0.05) is 43.3 Å². The number of hydrogen-bond acceptors (Lipinski definition) is 3. The standard InChI is InChI=1S/C23H31N3O/c1-3-25-14-15-26(23(27)21-10-6-7-11-22(21)25)17-18(2)12-13-19-8-4-5-9-20(19)16-24/h4-11,18H,3,12-17,24H2,1-2H3. The average Bonchev–Trinajstić information content (AvgIpc) is 2.84. The number of hydrogen-bond donors (Lipinski definition) is 1. The van der Waals surface area contributed by atoms with Crippen LogP contribution in [0.4, 0.5) is 5.69 Å². The number of aryl methyl sites for hydroxylation is 1. The number of anilines is 1. The van der Waals surface area contributed by atoms with Crippen LogP contribution in [0.3, 0.4) is 0 Å². The maximum absolute atomic E-state index is 13.1. The van der Waals surface area contributed by atoms with E-state index in [0.717, 1.165) is 50.3 Å². The summed E-state index contributed by atoms with van der Waals surface area (Å²) in [5, 5.41) is 0. The number of carbonyl (C=O) groups is 1. The molecule has 0 aromatic heterocycles. The van der Waals surface area contributed by atoms with Gasteiger partial charge in [0.05, 0.1) is 5.56 Å². The summed E-state index contributed by atoms with van der Waals surface area (Å²) in [5.74, 6) is 0.607. The highest BCUT2D eigenvalue weighted by atomic mass is 16.2. The molecular weight excluding hydrogens is 334 g/mol. The third-order valence-corrected chi connectivity index (χ3v) is 5.56. The maximum atomic E-state index is 13.1. The molecule has 1 aliphatic heterocycles. The van der Waals surface area contributed by atoms with E-state index >= 15 is 0 Å². The lowest BCUT2D eigenvalue weighted by atomic mass is 9.97. The number of likely N-dealkylation sites (N-methyl/N-ethyl adjacent to an activating group) is 1. The Bertz CT molecular complexity index is 774. The van der Waals surface area contributed by atoms with E-state index in [4.69, 9.17) is 5.73 Å². The zero-order valence-electron chi connectivity index (χ0n) is 16.5. The third kappa shape index (κ3) is 4.51. The summed E-state index contributed by atoms with van der Waals surface area (Å²) in [4.78, 5) is 17.4. The van der Waals surface area contributed by atoms with Crippen molar-refractivity contribution in [1.82, 2.24) is 4.90 Å². The van der Waals surface area contributed by atoms with Gasteiger partial charge in [-0.25, -0.2) is 0 Å². The van der Waals surface area contributed by atoms with Crippen molar-refractivity contribution in [1.29, 1.82) is 0 Å². The van der Waals surface area contributed by atoms with Gasteiger partial charge in [-0.05, 0) is 48.9 Å². The summed E-state index contributed by atoms with van der Waals surface area (Å²) < 4.78 is 0. The van der Waals surface area contributed by atoms with Gasteiger partial charge in [-0.15, -0.1) is 0 Å². The van der Waals surface area contributed by atoms with Gasteiger partial charge in [0.1, 0.15) is 0 Å². The van der Waals surface area contributed by atoms with Crippen molar-refractivity contribution < 1.29 is 4.79 Å². The molecule has 144 valence electrons. The van der Waals surface area contributed by atoms with E-state index in [1.54, 1.807) is 0 Å². The van der Waals surface area contributed by atoms with E-state index in [2.05, 4.69) is 43.0 Å². The Morgan fingerprint density at radius 2 is 1.67 bits per heavy atom. The van der Waals surface area contributed by atoms with Gasteiger partial charge in [0.25, 0.3) is 5.91 Å². The second kappa shape index (κ2) is 9.05. The van der Waals surface area contributed by atoms with E-state index in [1.165, 1.54) is 11.1 Å². The lowest BCUT2D eigenvalue weighted by molar-refractivity contribution is 0.0741. The largest absolute Gasteiger partial charge is 0.369 e. The van der Waals surface area contributed by atoms with Crippen molar-refractivity contribution in [3.8, 4) is 0 Å². The molecule has 4 heteroatoms. The fourth-order valence-corrected chi connectivity index (χ4v) is 3.94. The van der Waals surface area contributed by atoms with Crippen molar-refractivity contribution in [2.45, 2.75) is 33.2 Å². The molecule has 0 saturated heterocycles. The van der Waals surface area contributed by atoms with Crippen LogP contribution >= 0.6 is 0 Å². The van der Waals surface area contributed by atoms with Crippen molar-refractivity contribution in [2.24, 2.45) is 11.7 Å². The van der Waals surface area contributed by atoms with Gasteiger partial charge < -0.3 is 15.5 Å². The van der Waals surface area contributed by atoms with Gasteiger partial charge in [-0.3, -0.25) is 4.79 Å². The molecule has 27 heavy (non-hydrogen) atoms. The summed E-state index contributed by atoms with van der Waals surface area (Å²) in [5.41, 5.74) is 10.3. The van der Waals surface area contributed by atoms with E-state index in [-0.39, 0.29) is 5.91 Å². The number of para-hydroxylation sites is 1. The zero-order chi connectivity index (χ0) is 19.2. The highest BCUT2D eigenvalue weighted by Gasteiger charge is 2.26. The molecule has 3 rings (SSSR count). The monoisotopic (exact) mass is 365 g/mol. The smallest absolute Gasteiger partial charge is 0.256 e. The zero-order valence-corrected chi connectivity index (χ0v) is 16.5. The fourth-order valence-electron chi connectivity index (χ4n) is 3.94. The van der Waals surface area contributed by atoms with Crippen LogP contribution in [0.15, 0.2) is 48.5 Å². The summed E-state index contributed by atoms with van der Waals surface area (Å²) in [6, 6.07) is 16.4. The minimum Gasteiger partial charge on any atom is -0.369 e. The highest BCUT2D eigenvalue weighted by molar-refractivity contribution is 6.00. The first-order chi connectivity index (χ1) is 13.1. The van der Waals surface area contributed by atoms with Gasteiger partial charge in [0.2, 0.25) is 0 Å². The molecule has 0 radical (unpaired) electrons. The molecule has 0 spiro atoms. The molecule has 0 bridgehead atoms. The molecule has 2 aromatic rings. The Labute approximate surface area is 163 Å². The second-order valence-electron chi connectivity index (χ2n) is 7.46. The van der Waals surface area contributed by atoms with Gasteiger partial charge in [-0.2, -0.15) is 0 Å². The lowest BCUT2D eigenvalue weighted by Gasteiger charge is -2.25. The van der Waals surface area contributed by atoms with Crippen molar-refractivity contribution in [2.75, 3.05) is 31.1 Å². The van der Waals surface area contributed by atoms with Crippen molar-refractivity contribution in [3.63, 3.8) is 0 Å². The molecule has 1 unspecified atom stereocenters. The van der Waals surface area contributed by atoms with Crippen LogP contribution in [0, 0.1) is 5.92 Å². The Kier molecular flexibility index (Phi) is 6.51. The number of amides is 1. The number of carbonyl (C=O) groups excluding carboxylic acids is 1. The Morgan fingerprint density at radius 1 is 1.00 bits per heavy atom. The summed E-state index contributed by atoms with van der Waals surface area (Å²) >= 11 is 0. The molecule has 2 aromatic carbocycles. The van der Waals surface area contributed by atoms with E-state index in [1.807, 2.05) is 29.2 Å². The predicted octanol–water partition coefficient (Wildman–Crippen LogP) is 3.70. The third-order valence-electron chi connectivity index (χ3n) is 5.56. The maximum Gasteiger partial charge on any atom is 0.256 e. The number of nitrogens with zero attached hydrogens (tertiary/aromatic N) is 2. The van der Waals surface area contributed by atoms with E-state index < -0.39 is 0 Å². The first-order valence-electron chi connectivity index (χ1n) is 10.0. The predicted molar refractivity (Wildman–Crippen MR) is 112 cm³/mol.